The van der Waals surface area contributed by atoms with Gasteiger partial charge in [0, 0.05) is 17.2 Å². The molecule has 2 aromatic carbocycles. The van der Waals surface area contributed by atoms with Gasteiger partial charge in [-0.15, -0.1) is 0 Å². The first kappa shape index (κ1) is 20.7. The molecule has 5 nitrogen and oxygen atoms in total. The van der Waals surface area contributed by atoms with Crippen LogP contribution in [-0.4, -0.2) is 18.1 Å². The predicted octanol–water partition coefficient (Wildman–Crippen LogP) is 6.75. The van der Waals surface area contributed by atoms with Gasteiger partial charge < -0.3 is 14.7 Å². The third kappa shape index (κ3) is 7.69. The molecule has 146 valence electrons. The van der Waals surface area contributed by atoms with Crippen LogP contribution in [0.2, 0.25) is 0 Å². The molecule has 0 aliphatic carbocycles. The molecule has 2 rings (SSSR count). The van der Waals surface area contributed by atoms with Gasteiger partial charge in [0.05, 0.1) is 13.2 Å². The molecule has 0 saturated carbocycles. The summed E-state index contributed by atoms with van der Waals surface area (Å²) >= 11 is 0. The lowest BCUT2D eigenvalue weighted by Crippen LogP contribution is -1.97. The van der Waals surface area contributed by atoms with Gasteiger partial charge in [-0.2, -0.15) is 0 Å². The van der Waals surface area contributed by atoms with Crippen LogP contribution in [-0.2, 0) is 0 Å². The maximum atomic E-state index is 12.2. The van der Waals surface area contributed by atoms with E-state index < -0.39 is 0 Å². The highest BCUT2D eigenvalue weighted by Gasteiger charge is 2.05. The Hall–Kier alpha value is -2.56. The van der Waals surface area contributed by atoms with Crippen molar-refractivity contribution in [3.05, 3.63) is 53.7 Å². The van der Waals surface area contributed by atoms with E-state index in [4.69, 9.17) is 9.47 Å². The van der Waals surface area contributed by atoms with Gasteiger partial charge in [0.1, 0.15) is 17.2 Å². The molecule has 0 fully saturated rings. The SMILES string of the molecule is CCCCCOc1ccc(N=[N+]([O-])c2ccc(OCCCCC)cc2)cc1. The van der Waals surface area contributed by atoms with Crippen molar-refractivity contribution in [2.75, 3.05) is 13.2 Å². The van der Waals surface area contributed by atoms with Crippen molar-refractivity contribution < 1.29 is 14.3 Å². The first-order valence-electron chi connectivity index (χ1n) is 9.87. The Balaban J connectivity index is 1.88. The summed E-state index contributed by atoms with van der Waals surface area (Å²) in [4.78, 5) is 0.623. The molecule has 0 aromatic heterocycles. The first-order chi connectivity index (χ1) is 13.2. The minimum Gasteiger partial charge on any atom is -0.594 e. The normalized spacial score (nSPS) is 11.4. The predicted molar refractivity (Wildman–Crippen MR) is 108 cm³/mol. The van der Waals surface area contributed by atoms with Gasteiger partial charge in [0.2, 0.25) is 5.69 Å². The molecule has 5 heteroatoms. The zero-order valence-electron chi connectivity index (χ0n) is 16.4. The van der Waals surface area contributed by atoms with E-state index >= 15 is 0 Å². The van der Waals surface area contributed by atoms with Gasteiger partial charge in [-0.25, -0.2) is 0 Å². The van der Waals surface area contributed by atoms with Gasteiger partial charge in [-0.3, -0.25) is 0 Å². The average Bonchev–Trinajstić information content (AvgIpc) is 2.70. The van der Waals surface area contributed by atoms with Crippen LogP contribution in [0.15, 0.2) is 53.6 Å². The summed E-state index contributed by atoms with van der Waals surface area (Å²) in [5, 5.41) is 16.3. The fraction of sp³-hybridized carbons (Fsp3) is 0.455. The van der Waals surface area contributed by atoms with Gasteiger partial charge in [0.15, 0.2) is 0 Å². The van der Waals surface area contributed by atoms with Gasteiger partial charge >= 0.3 is 0 Å². The monoisotopic (exact) mass is 370 g/mol. The lowest BCUT2D eigenvalue weighted by Gasteiger charge is -2.06. The Morgan fingerprint density at radius 1 is 0.741 bits per heavy atom. The summed E-state index contributed by atoms with van der Waals surface area (Å²) in [6.07, 6.45) is 6.76. The lowest BCUT2D eigenvalue weighted by molar-refractivity contribution is -0.435. The largest absolute Gasteiger partial charge is 0.594 e. The van der Waals surface area contributed by atoms with Crippen LogP contribution in [0.5, 0.6) is 11.5 Å². The molecular weight excluding hydrogens is 340 g/mol. The molecule has 0 aliphatic heterocycles. The third-order valence-electron chi connectivity index (χ3n) is 4.13. The summed E-state index contributed by atoms with van der Waals surface area (Å²) in [6, 6.07) is 14.3. The number of nitrogens with zero attached hydrogens (tertiary/aromatic N) is 2. The van der Waals surface area contributed by atoms with Crippen LogP contribution in [0.4, 0.5) is 11.4 Å². The van der Waals surface area contributed by atoms with Crippen LogP contribution in [0.1, 0.15) is 52.4 Å². The summed E-state index contributed by atoms with van der Waals surface area (Å²) in [5.41, 5.74) is 1.06. The van der Waals surface area contributed by atoms with Crippen molar-refractivity contribution in [2.24, 2.45) is 5.11 Å². The Labute approximate surface area is 162 Å². The Morgan fingerprint density at radius 3 is 1.70 bits per heavy atom. The second-order valence-electron chi connectivity index (χ2n) is 6.47. The highest BCUT2D eigenvalue weighted by atomic mass is 16.5. The average molecular weight is 370 g/mol. The quantitative estimate of drug-likeness (QED) is 0.180. The van der Waals surface area contributed by atoms with Crippen molar-refractivity contribution in [3.63, 3.8) is 0 Å². The summed E-state index contributed by atoms with van der Waals surface area (Å²) in [7, 11) is 0. The standard InChI is InChI=1S/C22H30N2O3/c1-3-5-7-17-26-21-13-9-19(10-14-21)23-24(25)20-11-15-22(16-12-20)27-18-8-6-4-2/h9-16H,3-8,17-18H2,1-2H3. The minimum absolute atomic E-state index is 0.468. The molecule has 0 aliphatic rings. The zero-order chi connectivity index (χ0) is 19.3. The molecule has 0 unspecified atom stereocenters. The molecule has 27 heavy (non-hydrogen) atoms. The highest BCUT2D eigenvalue weighted by molar-refractivity contribution is 5.41. The van der Waals surface area contributed by atoms with E-state index in [1.165, 1.54) is 19.3 Å². The molecule has 2 aromatic rings. The molecule has 0 atom stereocenters. The summed E-state index contributed by atoms with van der Waals surface area (Å²) < 4.78 is 11.3. The van der Waals surface area contributed by atoms with Gasteiger partial charge in [-0.05, 0) is 49.2 Å². The van der Waals surface area contributed by atoms with E-state index in [0.717, 1.165) is 30.8 Å². The minimum atomic E-state index is 0.468. The number of ether oxygens (including phenoxy) is 2. The molecule has 0 N–H and O–H groups in total. The van der Waals surface area contributed by atoms with E-state index in [1.54, 1.807) is 36.4 Å². The number of hydrogen-bond donors (Lipinski definition) is 0. The fourth-order valence-electron chi connectivity index (χ4n) is 2.53. The van der Waals surface area contributed by atoms with Crippen molar-refractivity contribution >= 4 is 11.4 Å². The van der Waals surface area contributed by atoms with E-state index in [0.29, 0.717) is 29.4 Å². The molecule has 0 saturated heterocycles. The number of azo groups is 1. The van der Waals surface area contributed by atoms with E-state index in [2.05, 4.69) is 19.0 Å². The molecule has 0 heterocycles. The molecule has 0 radical (unpaired) electrons. The van der Waals surface area contributed by atoms with Gasteiger partial charge in [0.25, 0.3) is 0 Å². The smallest absolute Gasteiger partial charge is 0.245 e. The lowest BCUT2D eigenvalue weighted by atomic mass is 10.2. The van der Waals surface area contributed by atoms with E-state index in [9.17, 15) is 5.21 Å². The molecule has 0 amide bonds. The van der Waals surface area contributed by atoms with Gasteiger partial charge in [-0.1, -0.05) is 44.4 Å². The molecular formula is C22H30N2O3. The van der Waals surface area contributed by atoms with Crippen LogP contribution in [0.3, 0.4) is 0 Å². The van der Waals surface area contributed by atoms with Crippen LogP contribution in [0, 0.1) is 5.21 Å². The Kier molecular flexibility index (Phi) is 9.18. The van der Waals surface area contributed by atoms with E-state index in [-0.39, 0.29) is 0 Å². The molecule has 0 spiro atoms. The van der Waals surface area contributed by atoms with Crippen molar-refractivity contribution in [2.45, 2.75) is 52.4 Å². The second kappa shape index (κ2) is 11.9. The number of rotatable bonds is 12. The second-order valence-corrected chi connectivity index (χ2v) is 6.47. The van der Waals surface area contributed by atoms with Crippen LogP contribution in [0.25, 0.3) is 0 Å². The first-order valence-corrected chi connectivity index (χ1v) is 9.87. The maximum Gasteiger partial charge on any atom is 0.245 e. The highest BCUT2D eigenvalue weighted by Crippen LogP contribution is 2.23. The number of unbranched alkanes of at least 4 members (excludes halogenated alkanes) is 4. The Bertz CT molecular complexity index is 682. The van der Waals surface area contributed by atoms with Crippen molar-refractivity contribution in [1.82, 2.24) is 0 Å². The zero-order valence-corrected chi connectivity index (χ0v) is 16.4. The fourth-order valence-corrected chi connectivity index (χ4v) is 2.53. The van der Waals surface area contributed by atoms with Crippen LogP contribution >= 0.6 is 0 Å². The number of hydrogen-bond acceptors (Lipinski definition) is 4. The Morgan fingerprint density at radius 2 is 1.22 bits per heavy atom. The van der Waals surface area contributed by atoms with Crippen LogP contribution < -0.4 is 9.47 Å². The summed E-state index contributed by atoms with van der Waals surface area (Å²) in [6.45, 7) is 5.74. The number of benzene rings is 2. The topological polar surface area (TPSA) is 56.9 Å². The van der Waals surface area contributed by atoms with Crippen molar-refractivity contribution in [3.8, 4) is 11.5 Å². The van der Waals surface area contributed by atoms with E-state index in [1.807, 2.05) is 12.1 Å². The summed E-state index contributed by atoms with van der Waals surface area (Å²) in [5.74, 6) is 1.57. The molecule has 0 bridgehead atoms. The third-order valence-corrected chi connectivity index (χ3v) is 4.13. The van der Waals surface area contributed by atoms with Crippen molar-refractivity contribution in [1.29, 1.82) is 0 Å². The maximum absolute atomic E-state index is 12.2.